The number of H-pyrrole nitrogens is 1. The van der Waals surface area contributed by atoms with Gasteiger partial charge in [0.1, 0.15) is 11.6 Å². The summed E-state index contributed by atoms with van der Waals surface area (Å²) in [7, 11) is 1.65. The molecular weight excluding hydrogens is 319 g/mol. The Hall–Kier alpha value is -2.82. The second-order valence-electron chi connectivity index (χ2n) is 6.05. The van der Waals surface area contributed by atoms with Crippen LogP contribution in [0.5, 0.6) is 5.75 Å². The minimum atomic E-state index is -0.325. The summed E-state index contributed by atoms with van der Waals surface area (Å²) in [5.41, 5.74) is 3.98. The van der Waals surface area contributed by atoms with Crippen LogP contribution in [0, 0.1) is 12.7 Å². The maximum atomic E-state index is 13.2. The highest BCUT2D eigenvalue weighted by atomic mass is 19.1. The van der Waals surface area contributed by atoms with Crippen molar-refractivity contribution in [2.75, 3.05) is 13.7 Å². The lowest BCUT2D eigenvalue weighted by atomic mass is 10.1. The number of fused-ring (bicyclic) bond motifs is 1. The number of methoxy groups -OCH3 is 1. The highest BCUT2D eigenvalue weighted by molar-refractivity contribution is 5.86. The number of benzene rings is 2. The summed E-state index contributed by atoms with van der Waals surface area (Å²) in [6.07, 6.45) is 0.895. The van der Waals surface area contributed by atoms with Crippen molar-refractivity contribution in [2.24, 2.45) is 0 Å². The van der Waals surface area contributed by atoms with Gasteiger partial charge in [0.15, 0.2) is 0 Å². The van der Waals surface area contributed by atoms with Crippen molar-refractivity contribution in [2.45, 2.75) is 19.8 Å². The fourth-order valence-corrected chi connectivity index (χ4v) is 3.03. The monoisotopic (exact) mass is 340 g/mol. The smallest absolute Gasteiger partial charge is 0.224 e. The number of aromatic nitrogens is 1. The normalized spacial score (nSPS) is 10.8. The number of carbonyl (C=O) groups is 1. The van der Waals surface area contributed by atoms with E-state index in [1.165, 1.54) is 17.7 Å². The molecule has 4 nitrogen and oxygen atoms in total. The van der Waals surface area contributed by atoms with Crippen LogP contribution in [0.25, 0.3) is 10.9 Å². The van der Waals surface area contributed by atoms with E-state index >= 15 is 0 Å². The number of rotatable bonds is 6. The van der Waals surface area contributed by atoms with Crippen molar-refractivity contribution < 1.29 is 13.9 Å². The van der Waals surface area contributed by atoms with Gasteiger partial charge in [-0.2, -0.15) is 0 Å². The van der Waals surface area contributed by atoms with Gasteiger partial charge in [0.05, 0.1) is 13.5 Å². The topological polar surface area (TPSA) is 54.1 Å². The number of hydrogen-bond acceptors (Lipinski definition) is 2. The molecule has 25 heavy (non-hydrogen) atoms. The second-order valence-corrected chi connectivity index (χ2v) is 6.05. The van der Waals surface area contributed by atoms with E-state index in [2.05, 4.69) is 10.3 Å². The van der Waals surface area contributed by atoms with Gasteiger partial charge in [0.25, 0.3) is 0 Å². The van der Waals surface area contributed by atoms with Crippen LogP contribution >= 0.6 is 0 Å². The van der Waals surface area contributed by atoms with Gasteiger partial charge >= 0.3 is 0 Å². The molecular formula is C20H21FN2O2. The van der Waals surface area contributed by atoms with Crippen LogP contribution < -0.4 is 10.1 Å². The Morgan fingerprint density at radius 1 is 1.24 bits per heavy atom. The minimum absolute atomic E-state index is 0.110. The van der Waals surface area contributed by atoms with E-state index in [1.54, 1.807) is 19.2 Å². The molecule has 0 saturated carbocycles. The Labute approximate surface area is 146 Å². The average molecular weight is 340 g/mol. The quantitative estimate of drug-likeness (QED) is 0.721. The van der Waals surface area contributed by atoms with Crippen molar-refractivity contribution in [3.05, 3.63) is 65.1 Å². The maximum Gasteiger partial charge on any atom is 0.224 e. The number of hydrogen-bond donors (Lipinski definition) is 2. The molecule has 0 spiro atoms. The summed E-state index contributed by atoms with van der Waals surface area (Å²) in [6, 6.07) is 12.0. The predicted octanol–water partition coefficient (Wildman–Crippen LogP) is 3.53. The molecule has 130 valence electrons. The van der Waals surface area contributed by atoms with Gasteiger partial charge in [-0.1, -0.05) is 12.1 Å². The third-order valence-corrected chi connectivity index (χ3v) is 4.28. The van der Waals surface area contributed by atoms with Gasteiger partial charge in [-0.25, -0.2) is 4.39 Å². The van der Waals surface area contributed by atoms with Gasteiger partial charge in [0, 0.05) is 23.1 Å². The molecule has 5 heteroatoms. The average Bonchev–Trinajstić information content (AvgIpc) is 2.89. The summed E-state index contributed by atoms with van der Waals surface area (Å²) >= 11 is 0. The van der Waals surface area contributed by atoms with E-state index in [4.69, 9.17) is 4.74 Å². The third kappa shape index (κ3) is 3.99. The van der Waals surface area contributed by atoms with E-state index in [9.17, 15) is 9.18 Å². The number of carbonyl (C=O) groups excluding carboxylic acids is 1. The van der Waals surface area contributed by atoms with Gasteiger partial charge < -0.3 is 15.0 Å². The molecule has 0 fully saturated rings. The minimum Gasteiger partial charge on any atom is -0.497 e. The molecule has 2 aromatic carbocycles. The first-order valence-corrected chi connectivity index (χ1v) is 8.23. The van der Waals surface area contributed by atoms with Crippen molar-refractivity contribution >= 4 is 16.8 Å². The van der Waals surface area contributed by atoms with Gasteiger partial charge in [-0.3, -0.25) is 4.79 Å². The Bertz CT molecular complexity index is 902. The van der Waals surface area contributed by atoms with Crippen LogP contribution in [0.3, 0.4) is 0 Å². The first kappa shape index (κ1) is 17.0. The van der Waals surface area contributed by atoms with Crippen LogP contribution in [0.2, 0.25) is 0 Å². The van der Waals surface area contributed by atoms with E-state index in [1.807, 2.05) is 25.1 Å². The van der Waals surface area contributed by atoms with Crippen LogP contribution in [-0.4, -0.2) is 24.5 Å². The van der Waals surface area contributed by atoms with Crippen LogP contribution in [-0.2, 0) is 17.6 Å². The molecule has 0 bridgehead atoms. The molecule has 0 aliphatic heterocycles. The fourth-order valence-electron chi connectivity index (χ4n) is 3.03. The maximum absolute atomic E-state index is 13.2. The molecule has 0 aliphatic carbocycles. The molecule has 2 N–H and O–H groups in total. The number of nitrogens with one attached hydrogen (secondary N) is 2. The van der Waals surface area contributed by atoms with Crippen molar-refractivity contribution in [3.63, 3.8) is 0 Å². The Morgan fingerprint density at radius 3 is 2.84 bits per heavy atom. The molecule has 0 saturated heterocycles. The summed E-state index contributed by atoms with van der Waals surface area (Å²) in [4.78, 5) is 15.4. The van der Waals surface area contributed by atoms with Gasteiger partial charge in [-0.05, 0) is 54.8 Å². The van der Waals surface area contributed by atoms with Gasteiger partial charge in [0.2, 0.25) is 5.91 Å². The van der Waals surface area contributed by atoms with Crippen LogP contribution in [0.15, 0.2) is 42.5 Å². The molecule has 0 aliphatic rings. The van der Waals surface area contributed by atoms with Crippen LogP contribution in [0.1, 0.15) is 16.8 Å². The summed E-state index contributed by atoms with van der Waals surface area (Å²) in [6.45, 7) is 2.55. The zero-order valence-corrected chi connectivity index (χ0v) is 14.4. The van der Waals surface area contributed by atoms with E-state index in [-0.39, 0.29) is 18.1 Å². The van der Waals surface area contributed by atoms with E-state index in [0.29, 0.717) is 18.5 Å². The lowest BCUT2D eigenvalue weighted by molar-refractivity contribution is -0.120. The Morgan fingerprint density at radius 2 is 2.08 bits per heavy atom. The number of ether oxygens (including phenoxy) is 1. The summed E-state index contributed by atoms with van der Waals surface area (Å²) < 4.78 is 18.5. The molecule has 1 amide bonds. The first-order valence-electron chi connectivity index (χ1n) is 8.23. The molecule has 0 unspecified atom stereocenters. The van der Waals surface area contributed by atoms with Crippen molar-refractivity contribution in [3.8, 4) is 5.75 Å². The number of aromatic amines is 1. The number of amides is 1. The summed E-state index contributed by atoms with van der Waals surface area (Å²) in [5, 5.41) is 4.01. The first-order chi connectivity index (χ1) is 12.1. The SMILES string of the molecule is COc1ccc2[nH]c(C)c(CCNC(=O)Cc3cccc(F)c3)c2c1. The zero-order chi connectivity index (χ0) is 17.8. The summed E-state index contributed by atoms with van der Waals surface area (Å²) in [5.74, 6) is 0.372. The fraction of sp³-hybridized carbons (Fsp3) is 0.250. The Kier molecular flexibility index (Phi) is 5.03. The highest BCUT2D eigenvalue weighted by Gasteiger charge is 2.10. The van der Waals surface area contributed by atoms with E-state index < -0.39 is 0 Å². The van der Waals surface area contributed by atoms with Crippen molar-refractivity contribution in [1.82, 2.24) is 10.3 Å². The molecule has 0 radical (unpaired) electrons. The second kappa shape index (κ2) is 7.38. The van der Waals surface area contributed by atoms with Gasteiger partial charge in [-0.15, -0.1) is 0 Å². The van der Waals surface area contributed by atoms with Crippen LogP contribution in [0.4, 0.5) is 4.39 Å². The molecule has 3 rings (SSSR count). The molecule has 3 aromatic rings. The zero-order valence-electron chi connectivity index (χ0n) is 14.4. The van der Waals surface area contributed by atoms with E-state index in [0.717, 1.165) is 22.3 Å². The lowest BCUT2D eigenvalue weighted by Gasteiger charge is -2.07. The van der Waals surface area contributed by atoms with Crippen molar-refractivity contribution in [1.29, 1.82) is 0 Å². The molecule has 1 aromatic heterocycles. The highest BCUT2D eigenvalue weighted by Crippen LogP contribution is 2.26. The lowest BCUT2D eigenvalue weighted by Crippen LogP contribution is -2.27. The molecule has 1 heterocycles. The third-order valence-electron chi connectivity index (χ3n) is 4.28. The largest absolute Gasteiger partial charge is 0.497 e. The Balaban J connectivity index is 1.62. The predicted molar refractivity (Wildman–Crippen MR) is 96.4 cm³/mol. The standard InChI is InChI=1S/C20H21FN2O2/c1-13-17(18-12-16(25-2)6-7-19(18)23-13)8-9-22-20(24)11-14-4-3-5-15(21)10-14/h3-7,10,12,23H,8-9,11H2,1-2H3,(H,22,24). The number of halogens is 1. The molecule has 0 atom stereocenters. The number of aryl methyl sites for hydroxylation is 1.